The monoisotopic (exact) mass is 371 g/mol. The van der Waals surface area contributed by atoms with Gasteiger partial charge in [0.05, 0.1) is 6.04 Å². The van der Waals surface area contributed by atoms with Crippen molar-refractivity contribution in [1.82, 2.24) is 10.6 Å². The lowest BCUT2D eigenvalue weighted by Gasteiger charge is -2.21. The van der Waals surface area contributed by atoms with Gasteiger partial charge in [0.1, 0.15) is 12.1 Å². The zero-order chi connectivity index (χ0) is 18.1. The maximum atomic E-state index is 12.1. The van der Waals surface area contributed by atoms with Gasteiger partial charge in [0.25, 0.3) is 0 Å². The number of carboxylic acid groups (broad SMARTS) is 1. The number of nitrogens with two attached hydrogens (primary N) is 1. The highest BCUT2D eigenvalue weighted by atomic mass is 32.1. The lowest BCUT2D eigenvalue weighted by molar-refractivity contribution is -0.141. The van der Waals surface area contributed by atoms with Crippen LogP contribution in [0.15, 0.2) is 30.3 Å². The van der Waals surface area contributed by atoms with Crippen molar-refractivity contribution >= 4 is 43.0 Å². The minimum Gasteiger partial charge on any atom is -0.480 e. The van der Waals surface area contributed by atoms with Crippen LogP contribution in [0.1, 0.15) is 5.56 Å². The number of carboxylic acids is 1. The molecule has 0 aliphatic carbocycles. The number of hydrogen-bond donors (Lipinski definition) is 6. The molecule has 3 atom stereocenters. The number of amides is 2. The molecule has 2 amide bonds. The summed E-state index contributed by atoms with van der Waals surface area (Å²) >= 11 is 7.88. The first-order chi connectivity index (χ1) is 11.4. The van der Waals surface area contributed by atoms with E-state index < -0.39 is 35.9 Å². The van der Waals surface area contributed by atoms with Gasteiger partial charge in [-0.1, -0.05) is 30.3 Å². The second-order valence-electron chi connectivity index (χ2n) is 5.12. The van der Waals surface area contributed by atoms with E-state index in [4.69, 9.17) is 10.8 Å². The maximum absolute atomic E-state index is 12.1. The van der Waals surface area contributed by atoms with Crippen molar-refractivity contribution in [3.63, 3.8) is 0 Å². The molecule has 24 heavy (non-hydrogen) atoms. The van der Waals surface area contributed by atoms with Crippen molar-refractivity contribution in [2.75, 3.05) is 11.5 Å². The van der Waals surface area contributed by atoms with Crippen molar-refractivity contribution in [1.29, 1.82) is 0 Å². The third kappa shape index (κ3) is 6.42. The Balaban J connectivity index is 2.61. The number of rotatable bonds is 9. The molecule has 0 fully saturated rings. The molecule has 0 aliphatic rings. The van der Waals surface area contributed by atoms with Crippen LogP contribution >= 0.6 is 25.3 Å². The van der Waals surface area contributed by atoms with E-state index in [1.807, 2.05) is 30.3 Å². The third-order valence-electron chi connectivity index (χ3n) is 3.25. The van der Waals surface area contributed by atoms with Gasteiger partial charge in [-0.3, -0.25) is 9.59 Å². The van der Waals surface area contributed by atoms with Gasteiger partial charge in [-0.2, -0.15) is 25.3 Å². The smallest absolute Gasteiger partial charge is 0.327 e. The molecule has 0 bridgehead atoms. The Morgan fingerprint density at radius 2 is 1.54 bits per heavy atom. The third-order valence-corrected chi connectivity index (χ3v) is 3.98. The van der Waals surface area contributed by atoms with Crippen molar-refractivity contribution in [2.45, 2.75) is 24.5 Å². The fourth-order valence-corrected chi connectivity index (χ4v) is 2.40. The van der Waals surface area contributed by atoms with E-state index in [9.17, 15) is 14.4 Å². The van der Waals surface area contributed by atoms with Gasteiger partial charge in [0.15, 0.2) is 0 Å². The Morgan fingerprint density at radius 1 is 1.00 bits per heavy atom. The largest absolute Gasteiger partial charge is 0.480 e. The Morgan fingerprint density at radius 3 is 2.04 bits per heavy atom. The van der Waals surface area contributed by atoms with Crippen LogP contribution in [0.2, 0.25) is 0 Å². The molecular formula is C15H21N3O4S2. The summed E-state index contributed by atoms with van der Waals surface area (Å²) in [5, 5.41) is 13.7. The average Bonchev–Trinajstić information content (AvgIpc) is 2.57. The van der Waals surface area contributed by atoms with Gasteiger partial charge < -0.3 is 21.5 Å². The zero-order valence-electron chi connectivity index (χ0n) is 12.9. The number of carbonyl (C=O) groups excluding carboxylic acids is 2. The molecule has 0 radical (unpaired) electrons. The molecule has 0 saturated carbocycles. The van der Waals surface area contributed by atoms with E-state index in [0.29, 0.717) is 6.42 Å². The van der Waals surface area contributed by atoms with Gasteiger partial charge in [-0.15, -0.1) is 0 Å². The van der Waals surface area contributed by atoms with Crippen LogP contribution in [-0.4, -0.2) is 52.5 Å². The summed E-state index contributed by atoms with van der Waals surface area (Å²) in [6.45, 7) is 0. The number of hydrogen-bond acceptors (Lipinski definition) is 6. The first-order valence-electron chi connectivity index (χ1n) is 7.23. The fourth-order valence-electron chi connectivity index (χ4n) is 1.89. The Bertz CT molecular complexity index is 571. The SMILES string of the molecule is NC(Cc1ccccc1)C(=O)NC(CS)C(=O)NC(CS)C(=O)O. The van der Waals surface area contributed by atoms with Crippen molar-refractivity contribution in [3.8, 4) is 0 Å². The van der Waals surface area contributed by atoms with Crippen molar-refractivity contribution in [2.24, 2.45) is 5.73 Å². The second kappa shape index (κ2) is 10.2. The predicted octanol–water partition coefficient (Wildman–Crippen LogP) is -0.530. The highest BCUT2D eigenvalue weighted by molar-refractivity contribution is 7.80. The lowest BCUT2D eigenvalue weighted by Crippen LogP contribution is -2.55. The highest BCUT2D eigenvalue weighted by Crippen LogP contribution is 2.02. The van der Waals surface area contributed by atoms with Gasteiger partial charge >= 0.3 is 5.97 Å². The normalized spacial score (nSPS) is 14.3. The van der Waals surface area contributed by atoms with E-state index in [1.54, 1.807) is 0 Å². The first-order valence-corrected chi connectivity index (χ1v) is 8.50. The lowest BCUT2D eigenvalue weighted by atomic mass is 10.1. The average molecular weight is 371 g/mol. The number of aliphatic carboxylic acids is 1. The molecule has 3 unspecified atom stereocenters. The Kier molecular flexibility index (Phi) is 8.66. The molecule has 5 N–H and O–H groups in total. The molecular weight excluding hydrogens is 350 g/mol. The van der Waals surface area contributed by atoms with E-state index in [-0.39, 0.29) is 11.5 Å². The van der Waals surface area contributed by atoms with Crippen LogP contribution < -0.4 is 16.4 Å². The number of benzene rings is 1. The summed E-state index contributed by atoms with van der Waals surface area (Å²) in [7, 11) is 0. The number of thiol groups is 2. The number of nitrogens with one attached hydrogen (secondary N) is 2. The second-order valence-corrected chi connectivity index (χ2v) is 5.85. The van der Waals surface area contributed by atoms with Crippen LogP contribution in [0.25, 0.3) is 0 Å². The van der Waals surface area contributed by atoms with Crippen LogP contribution in [0, 0.1) is 0 Å². The first kappa shape index (κ1) is 20.3. The molecule has 1 aromatic carbocycles. The summed E-state index contributed by atoms with van der Waals surface area (Å²) in [5.41, 5.74) is 6.75. The molecule has 0 saturated heterocycles. The van der Waals surface area contributed by atoms with Crippen molar-refractivity contribution < 1.29 is 19.5 Å². The summed E-state index contributed by atoms with van der Waals surface area (Å²) in [4.78, 5) is 35.1. The van der Waals surface area contributed by atoms with Crippen LogP contribution in [0.5, 0.6) is 0 Å². The fraction of sp³-hybridized carbons (Fsp3) is 0.400. The van der Waals surface area contributed by atoms with E-state index >= 15 is 0 Å². The van der Waals surface area contributed by atoms with Gasteiger partial charge in [0.2, 0.25) is 11.8 Å². The maximum Gasteiger partial charge on any atom is 0.327 e. The van der Waals surface area contributed by atoms with Gasteiger partial charge in [-0.25, -0.2) is 4.79 Å². The van der Waals surface area contributed by atoms with Crippen molar-refractivity contribution in [3.05, 3.63) is 35.9 Å². The molecule has 0 aliphatic heterocycles. The quantitative estimate of drug-likeness (QED) is 0.326. The predicted molar refractivity (Wildman–Crippen MR) is 97.3 cm³/mol. The molecule has 132 valence electrons. The molecule has 9 heteroatoms. The molecule has 0 spiro atoms. The summed E-state index contributed by atoms with van der Waals surface area (Å²) in [6, 6.07) is 6.28. The molecule has 7 nitrogen and oxygen atoms in total. The van der Waals surface area contributed by atoms with Gasteiger partial charge in [-0.05, 0) is 12.0 Å². The van der Waals surface area contributed by atoms with Crippen LogP contribution in [0.4, 0.5) is 0 Å². The molecule has 0 heterocycles. The topological polar surface area (TPSA) is 122 Å². The summed E-state index contributed by atoms with van der Waals surface area (Å²) < 4.78 is 0. The van der Waals surface area contributed by atoms with E-state index in [0.717, 1.165) is 5.56 Å². The molecule has 0 aromatic heterocycles. The van der Waals surface area contributed by atoms with E-state index in [1.165, 1.54) is 0 Å². The molecule has 1 aromatic rings. The highest BCUT2D eigenvalue weighted by Gasteiger charge is 2.26. The standard InChI is InChI=1S/C15H21N3O4S2/c16-10(6-9-4-2-1-3-5-9)13(19)17-11(7-23)14(20)18-12(8-24)15(21)22/h1-5,10-12,23-24H,6-8,16H2,(H,17,19)(H,18,20)(H,21,22). The summed E-state index contributed by atoms with van der Waals surface area (Å²) in [6.07, 6.45) is 0.321. The minimum atomic E-state index is -1.21. The van der Waals surface area contributed by atoms with Gasteiger partial charge in [0, 0.05) is 11.5 Å². The summed E-state index contributed by atoms with van der Waals surface area (Å²) in [5.74, 6) is -2.42. The Labute approximate surface area is 151 Å². The Hall–Kier alpha value is -1.71. The molecule has 1 rings (SSSR count). The minimum absolute atomic E-state index is 0.00847. The number of carbonyl (C=O) groups is 3. The van der Waals surface area contributed by atoms with Crippen LogP contribution in [0.3, 0.4) is 0 Å². The van der Waals surface area contributed by atoms with E-state index in [2.05, 4.69) is 35.9 Å². The van der Waals surface area contributed by atoms with Crippen LogP contribution in [-0.2, 0) is 20.8 Å². The zero-order valence-corrected chi connectivity index (χ0v) is 14.7.